The lowest BCUT2D eigenvalue weighted by Crippen LogP contribution is -2.33. The van der Waals surface area contributed by atoms with Gasteiger partial charge in [-0.05, 0) is 125 Å². The van der Waals surface area contributed by atoms with E-state index in [4.69, 9.17) is 0 Å². The molecular weight excluding hydrogens is 849 g/mol. The van der Waals surface area contributed by atoms with Gasteiger partial charge in [-0.3, -0.25) is 0 Å². The van der Waals surface area contributed by atoms with Gasteiger partial charge < -0.3 is 19.4 Å². The number of fused-ring (bicyclic) bond motifs is 10. The number of benzene rings is 7. The lowest BCUT2D eigenvalue weighted by molar-refractivity contribution is 0.676. The quantitative estimate of drug-likeness (QED) is 0.172. The summed E-state index contributed by atoms with van der Waals surface area (Å²) < 4.78 is 4.96. The molecule has 2 aliphatic heterocycles. The summed E-state index contributed by atoms with van der Waals surface area (Å²) in [5.74, 6) is 0.905. The van der Waals surface area contributed by atoms with Gasteiger partial charge in [0.05, 0.1) is 34.2 Å². The minimum atomic E-state index is -0.120. The number of nitrogens with one attached hydrogen (secondary N) is 1. The molecule has 334 valence electrons. The summed E-state index contributed by atoms with van der Waals surface area (Å²) in [5, 5.41) is 9.22. The topological polar surface area (TPSA) is 25.1 Å². The second-order valence-corrected chi connectivity index (χ2v) is 20.1. The Labute approximate surface area is 408 Å². The molecule has 0 radical (unpaired) electrons. The van der Waals surface area contributed by atoms with Gasteiger partial charge in [-0.2, -0.15) is 0 Å². The van der Waals surface area contributed by atoms with Crippen molar-refractivity contribution in [1.82, 2.24) is 14.5 Å². The van der Waals surface area contributed by atoms with E-state index >= 15 is 0 Å². The molecule has 2 aromatic heterocycles. The maximum absolute atomic E-state index is 4.19. The normalized spacial score (nSPS) is 23.1. The molecule has 15 rings (SSSR count). The summed E-state index contributed by atoms with van der Waals surface area (Å²) in [6.45, 7) is 0. The molecule has 1 saturated carbocycles. The van der Waals surface area contributed by atoms with E-state index in [1.54, 1.807) is 0 Å². The second-order valence-electron chi connectivity index (χ2n) is 20.1. The van der Waals surface area contributed by atoms with Gasteiger partial charge >= 0.3 is 0 Å². The van der Waals surface area contributed by atoms with Crippen LogP contribution in [0.4, 0.5) is 5.69 Å². The van der Waals surface area contributed by atoms with Crippen LogP contribution in [-0.4, -0.2) is 15.2 Å². The van der Waals surface area contributed by atoms with Crippen molar-refractivity contribution in [3.8, 4) is 11.4 Å². The molecule has 0 spiro atoms. The number of dihydropyridines is 1. The zero-order chi connectivity index (χ0) is 45.9. The van der Waals surface area contributed by atoms with E-state index in [-0.39, 0.29) is 11.5 Å². The fourth-order valence-corrected chi connectivity index (χ4v) is 12.9. The van der Waals surface area contributed by atoms with Gasteiger partial charge in [-0.25, -0.2) is 0 Å². The summed E-state index contributed by atoms with van der Waals surface area (Å²) in [4.78, 5) is 2.60. The predicted octanol–water partition coefficient (Wildman–Crippen LogP) is 15.5. The molecular formula is C66H50N4. The third-order valence-corrected chi connectivity index (χ3v) is 16.3. The Morgan fingerprint density at radius 3 is 1.79 bits per heavy atom. The Balaban J connectivity index is 0.914. The standard InChI is InChI=1S/C66H50N4/c1-2-16-47(17-3-1)66-41-44(30-33-48(66)42-66)45-38-58(43-31-34-49(35-32-43)68-60-24-10-4-18-52(60)53-19-5-11-25-61(53)68)67-59(39-45)46-36-50(69-62-26-12-6-20-54(62)55-21-7-13-27-63(55)69)40-51(37-46)70-64-28-14-8-22-56(64)57-23-9-15-29-65(57)70/h1-31,33-34,36-41,48,52,59-60,67H,32,35,42H2. The van der Waals surface area contributed by atoms with E-state index in [2.05, 4.69) is 256 Å². The number of hydrogen-bond acceptors (Lipinski definition) is 2. The molecule has 0 bridgehead atoms. The van der Waals surface area contributed by atoms with Gasteiger partial charge in [-0.1, -0.05) is 170 Å². The van der Waals surface area contributed by atoms with Crippen molar-refractivity contribution in [2.45, 2.75) is 42.7 Å². The van der Waals surface area contributed by atoms with Gasteiger partial charge in [0, 0.05) is 61.3 Å². The molecule has 0 saturated heterocycles. The first kappa shape index (κ1) is 39.6. The number of allylic oxidation sites excluding steroid dienone is 12. The Kier molecular flexibility index (Phi) is 8.68. The largest absolute Gasteiger partial charge is 0.374 e. The van der Waals surface area contributed by atoms with Crippen LogP contribution in [0.2, 0.25) is 0 Å². The number of hydrogen-bond donors (Lipinski definition) is 1. The van der Waals surface area contributed by atoms with Crippen LogP contribution < -0.4 is 10.2 Å². The first-order valence-electron chi connectivity index (χ1n) is 25.1. The van der Waals surface area contributed by atoms with Gasteiger partial charge in [0.25, 0.3) is 0 Å². The van der Waals surface area contributed by atoms with Crippen molar-refractivity contribution in [1.29, 1.82) is 0 Å². The highest BCUT2D eigenvalue weighted by molar-refractivity contribution is 6.10. The smallest absolute Gasteiger partial charge is 0.0708 e. The monoisotopic (exact) mass is 898 g/mol. The fourth-order valence-electron chi connectivity index (χ4n) is 12.9. The summed E-state index contributed by atoms with van der Waals surface area (Å²) in [6, 6.07) is 63.1. The predicted molar refractivity (Wildman–Crippen MR) is 290 cm³/mol. The highest BCUT2D eigenvalue weighted by Crippen LogP contribution is 2.59. The highest BCUT2D eigenvalue weighted by Gasteiger charge is 2.53. The fraction of sp³-hybridized carbons (Fsp3) is 0.121. The number of para-hydroxylation sites is 5. The molecule has 4 aliphatic carbocycles. The molecule has 4 nitrogen and oxygen atoms in total. The average molecular weight is 899 g/mol. The summed E-state index contributed by atoms with van der Waals surface area (Å²) in [5.41, 5.74) is 19.0. The maximum Gasteiger partial charge on any atom is 0.0708 e. The minimum Gasteiger partial charge on any atom is -0.374 e. The Morgan fingerprint density at radius 1 is 0.543 bits per heavy atom. The Bertz CT molecular complexity index is 3700. The van der Waals surface area contributed by atoms with E-state index in [0.29, 0.717) is 17.9 Å². The number of aromatic nitrogens is 2. The van der Waals surface area contributed by atoms with Gasteiger partial charge in [0.15, 0.2) is 0 Å². The maximum atomic E-state index is 4.19. The van der Waals surface area contributed by atoms with Crippen molar-refractivity contribution in [3.63, 3.8) is 0 Å². The van der Waals surface area contributed by atoms with E-state index < -0.39 is 0 Å². The van der Waals surface area contributed by atoms with Crippen LogP contribution in [0.5, 0.6) is 0 Å². The van der Waals surface area contributed by atoms with Crippen LogP contribution in [0.25, 0.3) is 55.0 Å². The number of anilines is 1. The Morgan fingerprint density at radius 2 is 1.14 bits per heavy atom. The molecule has 4 heteroatoms. The van der Waals surface area contributed by atoms with Gasteiger partial charge in [-0.15, -0.1) is 0 Å². The van der Waals surface area contributed by atoms with Crippen molar-refractivity contribution in [2.24, 2.45) is 5.92 Å². The van der Waals surface area contributed by atoms with Crippen molar-refractivity contribution < 1.29 is 0 Å². The molecule has 5 atom stereocenters. The van der Waals surface area contributed by atoms with Crippen LogP contribution in [0.3, 0.4) is 0 Å². The molecule has 0 amide bonds. The lowest BCUT2D eigenvalue weighted by atomic mass is 9.83. The van der Waals surface area contributed by atoms with Crippen LogP contribution in [0, 0.1) is 5.92 Å². The first-order valence-corrected chi connectivity index (χ1v) is 25.1. The van der Waals surface area contributed by atoms with Crippen LogP contribution >= 0.6 is 0 Å². The molecule has 9 aromatic rings. The SMILES string of the molecule is C1=CC2c3ccccc3N(C3=CC=C(C4=CC(C5=CC6(c7ccccc7)CC6C=C5)=CC(c5cc(-n6c7ccccc7c7ccccc76)cc(-n6c7ccccc7c7ccccc76)c5)N4)CC3)C2C=C1. The summed E-state index contributed by atoms with van der Waals surface area (Å²) >= 11 is 0. The Hall–Kier alpha value is -8.34. The number of rotatable bonds is 7. The second kappa shape index (κ2) is 15.3. The van der Waals surface area contributed by atoms with Crippen molar-refractivity contribution >= 4 is 49.3 Å². The highest BCUT2D eigenvalue weighted by atomic mass is 15.2. The van der Waals surface area contributed by atoms with Crippen molar-refractivity contribution in [3.05, 3.63) is 281 Å². The van der Waals surface area contributed by atoms with E-state index in [9.17, 15) is 0 Å². The van der Waals surface area contributed by atoms with Crippen LogP contribution in [0.15, 0.2) is 265 Å². The summed E-state index contributed by atoms with van der Waals surface area (Å²) in [6.07, 6.45) is 29.5. The molecule has 1 fully saturated rings. The molecule has 70 heavy (non-hydrogen) atoms. The average Bonchev–Trinajstić information content (AvgIpc) is 3.77. The number of nitrogens with zero attached hydrogens (tertiary/aromatic N) is 3. The van der Waals surface area contributed by atoms with E-state index in [1.165, 1.54) is 94.1 Å². The summed E-state index contributed by atoms with van der Waals surface area (Å²) in [7, 11) is 0. The van der Waals surface area contributed by atoms with E-state index in [1.807, 2.05) is 0 Å². The van der Waals surface area contributed by atoms with Crippen molar-refractivity contribution in [2.75, 3.05) is 4.90 Å². The van der Waals surface area contributed by atoms with Crippen LogP contribution in [-0.2, 0) is 5.41 Å². The molecule has 4 heterocycles. The zero-order valence-electron chi connectivity index (χ0n) is 38.8. The first-order chi connectivity index (χ1) is 34.7. The minimum absolute atomic E-state index is 0.0368. The third kappa shape index (κ3) is 6.02. The third-order valence-electron chi connectivity index (χ3n) is 16.3. The lowest BCUT2D eigenvalue weighted by Gasteiger charge is -2.33. The molecule has 5 unspecified atom stereocenters. The van der Waals surface area contributed by atoms with Gasteiger partial charge in [0.1, 0.15) is 0 Å². The van der Waals surface area contributed by atoms with Gasteiger partial charge in [0.2, 0.25) is 0 Å². The van der Waals surface area contributed by atoms with Crippen LogP contribution in [0.1, 0.15) is 47.9 Å². The molecule has 7 aromatic carbocycles. The molecule has 6 aliphatic rings. The van der Waals surface area contributed by atoms with E-state index in [0.717, 1.165) is 30.6 Å². The molecule has 1 N–H and O–H groups in total. The zero-order valence-corrected chi connectivity index (χ0v) is 38.8.